The van der Waals surface area contributed by atoms with E-state index >= 15 is 4.39 Å². The lowest BCUT2D eigenvalue weighted by Crippen LogP contribution is -2.77. The third-order valence-corrected chi connectivity index (χ3v) is 11.5. The van der Waals surface area contributed by atoms with Crippen molar-refractivity contribution in [2.75, 3.05) is 38.6 Å². The van der Waals surface area contributed by atoms with E-state index in [1.54, 1.807) is 12.5 Å². The molecule has 1 atom stereocenters. The summed E-state index contributed by atoms with van der Waals surface area (Å²) in [6.45, 7) is 4.28. The van der Waals surface area contributed by atoms with Gasteiger partial charge in [-0.05, 0) is 68.7 Å². The van der Waals surface area contributed by atoms with E-state index in [2.05, 4.69) is 10.2 Å². The van der Waals surface area contributed by atoms with Crippen molar-refractivity contribution in [1.29, 1.82) is 0 Å². The molecule has 2 aromatic carbocycles. The monoisotopic (exact) mass is 685 g/mol. The fraction of sp³-hybridized carbons (Fsp3) is 0.514. The first-order valence-electron chi connectivity index (χ1n) is 16.3. The number of carboxylic acids is 1. The third kappa shape index (κ3) is 6.58. The maximum atomic E-state index is 15.8. The number of carboxylic acid groups (broad SMARTS) is 1. The second kappa shape index (κ2) is 13.9. The normalized spacial score (nSPS) is 22.9. The molecule has 3 aliphatic rings. The molecule has 252 valence electrons. The van der Waals surface area contributed by atoms with Crippen LogP contribution in [0.15, 0.2) is 41.8 Å². The minimum atomic E-state index is -1.46. The molecule has 2 N–H and O–H groups in total. The quantitative estimate of drug-likeness (QED) is 0.220. The van der Waals surface area contributed by atoms with Crippen molar-refractivity contribution in [1.82, 2.24) is 9.80 Å². The van der Waals surface area contributed by atoms with Gasteiger partial charge in [-0.25, -0.2) is 4.39 Å². The van der Waals surface area contributed by atoms with E-state index in [0.717, 1.165) is 29.3 Å². The molecule has 0 spiro atoms. The van der Waals surface area contributed by atoms with Crippen LogP contribution >= 0.6 is 22.9 Å². The molecule has 3 fully saturated rings. The molecule has 12 heteroatoms. The van der Waals surface area contributed by atoms with Gasteiger partial charge in [0.2, 0.25) is 5.85 Å². The number of fused-ring (bicyclic) bond motifs is 1. The highest BCUT2D eigenvalue weighted by Crippen LogP contribution is 2.42. The summed E-state index contributed by atoms with van der Waals surface area (Å²) in [5.41, 5.74) is 0.279. The molecule has 9 nitrogen and oxygen atoms in total. The van der Waals surface area contributed by atoms with E-state index in [9.17, 15) is 19.5 Å². The van der Waals surface area contributed by atoms with Crippen LogP contribution in [0.4, 0.5) is 10.1 Å². The molecule has 1 aromatic heterocycles. The molecular formula is C35H41ClFN3O6S. The van der Waals surface area contributed by atoms with Gasteiger partial charge < -0.3 is 19.9 Å². The smallest absolute Gasteiger partial charge is 0.306 e. The average molecular weight is 686 g/mol. The molecule has 2 saturated heterocycles. The van der Waals surface area contributed by atoms with Gasteiger partial charge in [0.15, 0.2) is 5.78 Å². The first-order chi connectivity index (χ1) is 22.6. The van der Waals surface area contributed by atoms with Crippen LogP contribution in [0.2, 0.25) is 5.02 Å². The molecule has 1 aliphatic carbocycles. The van der Waals surface area contributed by atoms with Crippen molar-refractivity contribution >= 4 is 56.4 Å². The number of carbonyl (C=O) groups excluding carboxylic acids is 2. The van der Waals surface area contributed by atoms with Gasteiger partial charge in [-0.3, -0.25) is 24.2 Å². The third-order valence-electron chi connectivity index (χ3n) is 10.2. The van der Waals surface area contributed by atoms with E-state index in [4.69, 9.17) is 21.1 Å². The summed E-state index contributed by atoms with van der Waals surface area (Å²) >= 11 is 8.06. The zero-order valence-electron chi connectivity index (χ0n) is 26.7. The number of rotatable bonds is 12. The second-order valence-corrected chi connectivity index (χ2v) is 14.3. The van der Waals surface area contributed by atoms with Gasteiger partial charge >= 0.3 is 5.97 Å². The Morgan fingerprint density at radius 2 is 1.81 bits per heavy atom. The van der Waals surface area contributed by atoms with Crippen molar-refractivity contribution < 1.29 is 33.4 Å². The number of amides is 1. The van der Waals surface area contributed by atoms with E-state index < -0.39 is 35.1 Å². The predicted molar refractivity (Wildman–Crippen MR) is 180 cm³/mol. The Kier molecular flexibility index (Phi) is 10.0. The molecular weight excluding hydrogens is 645 g/mol. The number of hydrogen-bond acceptors (Lipinski definition) is 8. The summed E-state index contributed by atoms with van der Waals surface area (Å²) in [5, 5.41) is 15.0. The lowest BCUT2D eigenvalue weighted by Gasteiger charge is -2.59. The number of thiophene rings is 1. The van der Waals surface area contributed by atoms with Crippen LogP contribution < -0.4 is 5.32 Å². The summed E-state index contributed by atoms with van der Waals surface area (Å²) in [5.74, 6) is -4.06. The molecule has 1 amide bonds. The van der Waals surface area contributed by atoms with Gasteiger partial charge in [-0.1, -0.05) is 36.7 Å². The number of methoxy groups -OCH3 is 1. The van der Waals surface area contributed by atoms with Gasteiger partial charge in [-0.15, -0.1) is 11.3 Å². The van der Waals surface area contributed by atoms with E-state index in [-0.39, 0.29) is 34.6 Å². The Morgan fingerprint density at radius 1 is 1.11 bits per heavy atom. The Bertz CT molecular complexity index is 1640. The first-order valence-corrected chi connectivity index (χ1v) is 17.6. The number of ketones is 1. The van der Waals surface area contributed by atoms with Gasteiger partial charge in [0, 0.05) is 55.2 Å². The number of ether oxygens (including phenoxy) is 2. The molecule has 1 saturated carbocycles. The van der Waals surface area contributed by atoms with Crippen LogP contribution in [0.3, 0.4) is 0 Å². The van der Waals surface area contributed by atoms with Crippen LogP contribution in [0.1, 0.15) is 67.8 Å². The Hall–Kier alpha value is -2.93. The van der Waals surface area contributed by atoms with E-state index in [1.165, 1.54) is 23.5 Å². The molecule has 2 aliphatic heterocycles. The van der Waals surface area contributed by atoms with Crippen molar-refractivity contribution in [2.45, 2.75) is 75.8 Å². The Labute approximate surface area is 283 Å². The number of nitrogens with one attached hydrogen (secondary N) is 1. The number of likely N-dealkylation sites (tertiary alicyclic amines) is 2. The fourth-order valence-electron chi connectivity index (χ4n) is 7.26. The highest BCUT2D eigenvalue weighted by atomic mass is 35.5. The minimum Gasteiger partial charge on any atom is -0.481 e. The summed E-state index contributed by atoms with van der Waals surface area (Å²) in [6, 6.07) is 10.1. The average Bonchev–Trinajstić information content (AvgIpc) is 3.74. The largest absolute Gasteiger partial charge is 0.481 e. The number of hydrogen-bond donors (Lipinski definition) is 2. The van der Waals surface area contributed by atoms with E-state index in [0.29, 0.717) is 57.4 Å². The fourth-order valence-corrected chi connectivity index (χ4v) is 8.43. The summed E-state index contributed by atoms with van der Waals surface area (Å²) in [7, 11) is 1.67. The highest BCUT2D eigenvalue weighted by molar-refractivity contribution is 7.17. The van der Waals surface area contributed by atoms with Crippen LogP contribution in [0.25, 0.3) is 10.1 Å². The van der Waals surface area contributed by atoms with Gasteiger partial charge in [0.1, 0.15) is 5.82 Å². The molecule has 1 unspecified atom stereocenters. The van der Waals surface area contributed by atoms with Gasteiger partial charge in [0.05, 0.1) is 33.9 Å². The highest BCUT2D eigenvalue weighted by Gasteiger charge is 2.59. The summed E-state index contributed by atoms with van der Waals surface area (Å²) < 4.78 is 29.5. The van der Waals surface area contributed by atoms with Gasteiger partial charge in [-0.2, -0.15) is 0 Å². The number of nitrogens with zero attached hydrogens (tertiary/aromatic N) is 2. The van der Waals surface area contributed by atoms with Crippen molar-refractivity contribution in [3.63, 3.8) is 0 Å². The number of aliphatic carboxylic acids is 1. The lowest BCUT2D eigenvalue weighted by atomic mass is 9.86. The molecule has 0 bridgehead atoms. The van der Waals surface area contributed by atoms with Crippen LogP contribution in [-0.2, 0) is 25.5 Å². The molecule has 6 rings (SSSR count). The van der Waals surface area contributed by atoms with Gasteiger partial charge in [0.25, 0.3) is 5.91 Å². The molecule has 47 heavy (non-hydrogen) atoms. The Morgan fingerprint density at radius 3 is 2.47 bits per heavy atom. The zero-order valence-corrected chi connectivity index (χ0v) is 28.3. The van der Waals surface area contributed by atoms with Crippen molar-refractivity contribution in [3.05, 3.63) is 63.7 Å². The first kappa shape index (κ1) is 34.0. The zero-order chi connectivity index (χ0) is 33.3. The standard InChI is InChI=1S/C35H41ClFN3O6S/c1-3-34(45-2)20-40(21-34)35(39-14-6-7-15-39,46-24-12-10-22(11-13-24)33(43)44)31(41)17-23-16-27(36)29(18-28(23)37)38-32(42)26-19-47-30-9-5-4-8-25(26)30/h4-5,8-9,16,18-19,22,24H,3,6-7,10-15,17,20-21H2,1-2H3,(H,38,42)(H,43,44). The number of benzene rings is 2. The number of Topliss-reactive ketones (excluding diaryl/α,β-unsaturated/α-hetero) is 1. The number of carbonyl (C=O) groups is 3. The molecule has 0 radical (unpaired) electrons. The van der Waals surface area contributed by atoms with E-state index in [1.807, 2.05) is 36.1 Å². The summed E-state index contributed by atoms with van der Waals surface area (Å²) in [6.07, 6.45) is 3.93. The predicted octanol–water partition coefficient (Wildman–Crippen LogP) is 6.58. The van der Waals surface area contributed by atoms with Crippen LogP contribution in [0.5, 0.6) is 0 Å². The van der Waals surface area contributed by atoms with Crippen LogP contribution in [0, 0.1) is 11.7 Å². The minimum absolute atomic E-state index is 0.106. The second-order valence-electron chi connectivity index (χ2n) is 13.0. The topological polar surface area (TPSA) is 108 Å². The SMILES string of the molecule is CCC1(OC)CN(C(OC2CCC(C(=O)O)CC2)(C(=O)Cc2cc(Cl)c(NC(=O)c3csc4ccccc34)cc2F)N2CCCC2)C1. The maximum absolute atomic E-state index is 15.8. The molecule has 3 aromatic rings. The molecule has 3 heterocycles. The maximum Gasteiger partial charge on any atom is 0.306 e. The van der Waals surface area contributed by atoms with Crippen molar-refractivity contribution in [2.24, 2.45) is 5.92 Å². The number of anilines is 1. The summed E-state index contributed by atoms with van der Waals surface area (Å²) in [4.78, 5) is 43.5. The van der Waals surface area contributed by atoms with Crippen LogP contribution in [-0.4, -0.2) is 83.4 Å². The number of halogens is 2. The van der Waals surface area contributed by atoms with Crippen molar-refractivity contribution in [3.8, 4) is 0 Å². The Balaban J connectivity index is 1.27. The lowest BCUT2D eigenvalue weighted by molar-refractivity contribution is -0.300.